The number of aromatic amines is 1. The SMILES string of the molecule is COc1ccc(-c2ccc3ncc4c(c3c2)n(-c2ccc(N3CCN(C(=O)Oc5ccc(CC(=O)N6CCC(CCn7ccc8cc(-n9c(-c%10cc(C(C)C)c(O)cc%10O)n[nH]c9=O)ccc87)CC6)cc5)CC3)c(C(F)(F)F)c2)c(=O)n4C)cn1. The van der Waals surface area contributed by atoms with Crippen molar-refractivity contribution in [3.63, 3.8) is 0 Å². The van der Waals surface area contributed by atoms with Crippen molar-refractivity contribution in [1.82, 2.24) is 48.2 Å². The number of hydrogen-bond acceptors (Lipinski definition) is 12. The Bertz CT molecular complexity index is 4320. The van der Waals surface area contributed by atoms with Gasteiger partial charge in [0.25, 0.3) is 0 Å². The Kier molecular flexibility index (Phi) is 14.7. The number of ether oxygens (including phenoxy) is 2. The summed E-state index contributed by atoms with van der Waals surface area (Å²) in [6, 6.07) is 30.3. The van der Waals surface area contributed by atoms with E-state index in [4.69, 9.17) is 9.47 Å². The van der Waals surface area contributed by atoms with Gasteiger partial charge in [0.05, 0.1) is 58.8 Å². The van der Waals surface area contributed by atoms with Gasteiger partial charge in [-0.25, -0.2) is 29.0 Å². The second-order valence-corrected chi connectivity index (χ2v) is 22.0. The maximum absolute atomic E-state index is 15.1. The van der Waals surface area contributed by atoms with E-state index in [1.54, 1.807) is 60.6 Å². The van der Waals surface area contributed by atoms with Gasteiger partial charge in [0.15, 0.2) is 5.82 Å². The summed E-state index contributed by atoms with van der Waals surface area (Å²) in [5, 5.41) is 29.4. The van der Waals surface area contributed by atoms with E-state index in [9.17, 15) is 29.4 Å². The number of rotatable bonds is 13. The summed E-state index contributed by atoms with van der Waals surface area (Å²) < 4.78 is 62.3. The lowest BCUT2D eigenvalue weighted by atomic mass is 9.93. The van der Waals surface area contributed by atoms with Gasteiger partial charge in [-0.05, 0) is 127 Å². The number of hydrogen-bond donors (Lipinski definition) is 3. The molecule has 2 saturated heterocycles. The monoisotopic (exact) mass is 1160 g/mol. The first-order chi connectivity index (χ1) is 40.9. The standard InChI is InChI=1S/C63H60F3N11O8/c1-37(2)46-33-48(55(79)34-54(46)78)59-69-70-60(81)77(59)43-9-14-51-41(30-43)20-24-72(51)21-17-38-18-22-74(23-19-38)57(80)29-39-5-11-45(12-6-39)85-62(83)75-27-25-73(26-28-75)52-15-10-44(32-49(52)63(64,65)66)76-58-47-31-40(42-8-16-56(84-4)68-35-42)7-13-50(47)67-36-53(58)71(3)61(76)82/h5-16,20,24,30-38,78-79H,17-19,21-23,25-29H2,1-4H3,(H,70,81). The predicted molar refractivity (Wildman–Crippen MR) is 315 cm³/mol. The fourth-order valence-electron chi connectivity index (χ4n) is 11.8. The van der Waals surface area contributed by atoms with Crippen molar-refractivity contribution in [2.24, 2.45) is 13.0 Å². The Balaban J connectivity index is 0.633. The largest absolute Gasteiger partial charge is 0.508 e. The first-order valence-electron chi connectivity index (χ1n) is 28.0. The highest BCUT2D eigenvalue weighted by Crippen LogP contribution is 2.41. The number of amides is 2. The summed E-state index contributed by atoms with van der Waals surface area (Å²) in [5.74, 6) is 1.09. The number of aryl methyl sites for hydroxylation is 2. The number of aromatic nitrogens is 8. The normalized spacial score (nSPS) is 14.3. The van der Waals surface area contributed by atoms with E-state index < -0.39 is 29.2 Å². The van der Waals surface area contributed by atoms with E-state index in [0.29, 0.717) is 63.6 Å². The Morgan fingerprint density at radius 1 is 0.765 bits per heavy atom. The molecule has 12 rings (SSSR count). The second-order valence-electron chi connectivity index (χ2n) is 22.0. The molecule has 436 valence electrons. The average Bonchev–Trinajstić information content (AvgIpc) is 2.93. The van der Waals surface area contributed by atoms with Gasteiger partial charge in [-0.1, -0.05) is 32.0 Å². The summed E-state index contributed by atoms with van der Waals surface area (Å²) in [6.07, 6.45) is 2.60. The minimum absolute atomic E-state index is 0.00372. The van der Waals surface area contributed by atoms with Crippen LogP contribution in [-0.4, -0.2) is 117 Å². The van der Waals surface area contributed by atoms with Crippen LogP contribution in [-0.2, 0) is 31.0 Å². The van der Waals surface area contributed by atoms with Crippen molar-refractivity contribution in [2.45, 2.75) is 58.2 Å². The topological polar surface area (TPSA) is 211 Å². The number of pyridine rings is 2. The number of likely N-dealkylation sites (tertiary alicyclic amines) is 1. The second kappa shape index (κ2) is 22.4. The molecule has 10 aromatic rings. The van der Waals surface area contributed by atoms with Crippen molar-refractivity contribution < 1.29 is 42.4 Å². The number of piperazine rings is 1. The van der Waals surface area contributed by atoms with E-state index in [2.05, 4.69) is 24.7 Å². The molecule has 0 spiro atoms. The number of phenols is 2. The molecule has 5 aromatic heterocycles. The quantitative estimate of drug-likeness (QED) is 0.0985. The number of carbonyl (C=O) groups excluding carboxylic acids is 2. The molecule has 0 radical (unpaired) electrons. The molecule has 0 aliphatic carbocycles. The van der Waals surface area contributed by atoms with Crippen molar-refractivity contribution in [3.8, 4) is 57.0 Å². The third-order valence-corrected chi connectivity index (χ3v) is 16.5. The number of carbonyl (C=O) groups is 2. The lowest BCUT2D eigenvalue weighted by molar-refractivity contribution is -0.137. The smallest absolute Gasteiger partial charge is 0.418 e. The zero-order valence-corrected chi connectivity index (χ0v) is 47.0. The van der Waals surface area contributed by atoms with Crippen molar-refractivity contribution in [1.29, 1.82) is 0 Å². The number of methoxy groups -OCH3 is 1. The zero-order chi connectivity index (χ0) is 59.4. The average molecular weight is 1160 g/mol. The van der Waals surface area contributed by atoms with E-state index >= 15 is 13.2 Å². The van der Waals surface area contributed by atoms with E-state index in [-0.39, 0.29) is 78.9 Å². The van der Waals surface area contributed by atoms with E-state index in [1.807, 2.05) is 67.4 Å². The van der Waals surface area contributed by atoms with Crippen molar-refractivity contribution in [2.75, 3.05) is 51.3 Å². The van der Waals surface area contributed by atoms with Gasteiger partial charge in [0, 0.05) is 105 Å². The summed E-state index contributed by atoms with van der Waals surface area (Å²) >= 11 is 0. The molecular weight excluding hydrogens is 1100 g/mol. The molecule has 3 N–H and O–H groups in total. The maximum Gasteiger partial charge on any atom is 0.418 e. The molecule has 2 fully saturated rings. The van der Waals surface area contributed by atoms with Crippen LogP contribution in [0.5, 0.6) is 23.1 Å². The molecule has 2 amide bonds. The van der Waals surface area contributed by atoms with Crippen LogP contribution in [0.4, 0.5) is 23.7 Å². The highest BCUT2D eigenvalue weighted by Gasteiger charge is 2.37. The molecule has 5 aromatic carbocycles. The van der Waals surface area contributed by atoms with Gasteiger partial charge in [0.1, 0.15) is 17.2 Å². The number of aromatic hydroxyl groups is 2. The fraction of sp³-hybridized carbons (Fsp3) is 0.286. The summed E-state index contributed by atoms with van der Waals surface area (Å²) in [7, 11) is 3.07. The van der Waals surface area contributed by atoms with Crippen LogP contribution in [0.1, 0.15) is 55.7 Å². The number of fused-ring (bicyclic) bond motifs is 4. The Hall–Kier alpha value is -9.86. The van der Waals surface area contributed by atoms with Gasteiger partial charge in [0.2, 0.25) is 11.8 Å². The molecule has 0 atom stereocenters. The number of nitrogens with one attached hydrogen (secondary N) is 1. The van der Waals surface area contributed by atoms with E-state index in [0.717, 1.165) is 59.5 Å². The Morgan fingerprint density at radius 2 is 1.51 bits per heavy atom. The van der Waals surface area contributed by atoms with Gasteiger partial charge < -0.3 is 39.0 Å². The molecule has 7 heterocycles. The van der Waals surface area contributed by atoms with Crippen LogP contribution >= 0.6 is 0 Å². The first-order valence-corrected chi connectivity index (χ1v) is 28.0. The molecular formula is C63H60F3N11O8. The molecule has 0 unspecified atom stereocenters. The summed E-state index contributed by atoms with van der Waals surface area (Å²) in [6.45, 7) is 6.25. The van der Waals surface area contributed by atoms with Gasteiger partial charge in [-0.2, -0.15) is 18.3 Å². The first kappa shape index (κ1) is 55.7. The summed E-state index contributed by atoms with van der Waals surface area (Å²) in [5.41, 5.74) is 4.21. The third-order valence-electron chi connectivity index (χ3n) is 16.5. The highest BCUT2D eigenvalue weighted by atomic mass is 19.4. The molecule has 2 aliphatic rings. The Morgan fingerprint density at radius 3 is 2.22 bits per heavy atom. The highest BCUT2D eigenvalue weighted by molar-refractivity contribution is 6.04. The lowest BCUT2D eigenvalue weighted by Gasteiger charge is -2.36. The molecule has 22 heteroatoms. The summed E-state index contributed by atoms with van der Waals surface area (Å²) in [4.78, 5) is 67.6. The van der Waals surface area contributed by atoms with E-state index in [1.165, 1.54) is 50.1 Å². The number of piperidine rings is 1. The van der Waals surface area contributed by atoms with Crippen molar-refractivity contribution in [3.05, 3.63) is 165 Å². The van der Waals surface area contributed by atoms with Gasteiger partial charge in [-0.15, -0.1) is 0 Å². The van der Waals surface area contributed by atoms with Gasteiger partial charge >= 0.3 is 23.6 Å². The predicted octanol–water partition coefficient (Wildman–Crippen LogP) is 10.2. The molecule has 2 aliphatic heterocycles. The molecule has 19 nitrogen and oxygen atoms in total. The number of halogens is 3. The minimum atomic E-state index is -4.79. The van der Waals surface area contributed by atoms with Crippen LogP contribution in [0, 0.1) is 5.92 Å². The number of imidazole rings is 1. The fourth-order valence-corrected chi connectivity index (χ4v) is 11.8. The van der Waals surface area contributed by atoms with Crippen LogP contribution in [0.2, 0.25) is 0 Å². The van der Waals surface area contributed by atoms with Crippen LogP contribution < -0.4 is 25.8 Å². The third kappa shape index (κ3) is 10.8. The lowest BCUT2D eigenvalue weighted by Crippen LogP contribution is -2.50. The zero-order valence-electron chi connectivity index (χ0n) is 47.0. The molecule has 0 saturated carbocycles. The molecule has 0 bridgehead atoms. The number of anilines is 1. The van der Waals surface area contributed by atoms with Gasteiger partial charge in [-0.3, -0.25) is 18.9 Å². The number of benzene rings is 5. The Labute approximate surface area is 484 Å². The van der Waals surface area contributed by atoms with Crippen molar-refractivity contribution >= 4 is 50.5 Å². The van der Waals surface area contributed by atoms with Crippen LogP contribution in [0.3, 0.4) is 0 Å². The van der Waals surface area contributed by atoms with Crippen LogP contribution in [0.25, 0.3) is 66.7 Å². The maximum atomic E-state index is 15.1. The number of alkyl halides is 3. The van der Waals surface area contributed by atoms with Crippen LogP contribution in [0.15, 0.2) is 137 Å². The number of nitrogens with zero attached hydrogens (tertiary/aromatic N) is 10. The minimum Gasteiger partial charge on any atom is -0.508 e. The molecule has 85 heavy (non-hydrogen) atoms. The number of phenolic OH excluding ortho intramolecular Hbond substituents is 2. The number of H-pyrrole nitrogens is 1.